The fourth-order valence-electron chi connectivity index (χ4n) is 2.92. The van der Waals surface area contributed by atoms with Crippen LogP contribution in [0, 0.1) is 5.82 Å². The number of benzene rings is 2. The normalized spacial score (nSPS) is 12.8. The van der Waals surface area contributed by atoms with E-state index in [0.29, 0.717) is 6.54 Å². The van der Waals surface area contributed by atoms with E-state index in [4.69, 9.17) is 5.73 Å². The van der Waals surface area contributed by atoms with Crippen LogP contribution in [0.5, 0.6) is 0 Å². The Bertz CT molecular complexity index is 836. The number of hydrogen-bond acceptors (Lipinski definition) is 3. The van der Waals surface area contributed by atoms with Gasteiger partial charge in [-0.05, 0) is 29.7 Å². The van der Waals surface area contributed by atoms with Crippen LogP contribution in [0.4, 0.5) is 4.39 Å². The Morgan fingerprint density at radius 2 is 1.82 bits per heavy atom. The van der Waals surface area contributed by atoms with Gasteiger partial charge in [0.25, 0.3) is 0 Å². The van der Waals surface area contributed by atoms with E-state index in [1.54, 1.807) is 0 Å². The van der Waals surface area contributed by atoms with Crippen molar-refractivity contribution in [3.63, 3.8) is 0 Å². The molecule has 3 aromatic rings. The highest BCUT2D eigenvalue weighted by Crippen LogP contribution is 2.32. The Balaban J connectivity index is 1.82. The zero-order valence-electron chi connectivity index (χ0n) is 12.0. The van der Waals surface area contributed by atoms with Crippen LogP contribution in [0.15, 0.2) is 42.5 Å². The average molecular weight is 294 g/mol. The maximum absolute atomic E-state index is 13.5. The molecule has 4 rings (SSSR count). The van der Waals surface area contributed by atoms with Gasteiger partial charge < -0.3 is 10.3 Å². The summed E-state index contributed by atoms with van der Waals surface area (Å²) in [6, 6.07) is 12.9. The zero-order chi connectivity index (χ0) is 15.1. The molecule has 0 amide bonds. The second kappa shape index (κ2) is 5.03. The van der Waals surface area contributed by atoms with Crippen molar-refractivity contribution in [3.8, 4) is 22.8 Å². The fourth-order valence-corrected chi connectivity index (χ4v) is 2.92. The van der Waals surface area contributed by atoms with Gasteiger partial charge >= 0.3 is 0 Å². The molecule has 0 saturated carbocycles. The van der Waals surface area contributed by atoms with Crippen LogP contribution in [-0.4, -0.2) is 14.8 Å². The minimum Gasteiger partial charge on any atom is -0.326 e. The van der Waals surface area contributed by atoms with Gasteiger partial charge in [-0.15, -0.1) is 10.2 Å². The van der Waals surface area contributed by atoms with Gasteiger partial charge in [-0.25, -0.2) is 4.39 Å². The monoisotopic (exact) mass is 294 g/mol. The minimum absolute atomic E-state index is 0.246. The summed E-state index contributed by atoms with van der Waals surface area (Å²) in [5.41, 5.74) is 9.66. The highest BCUT2D eigenvalue weighted by Gasteiger charge is 2.22. The third-order valence-electron chi connectivity index (χ3n) is 4.12. The summed E-state index contributed by atoms with van der Waals surface area (Å²) in [5, 5.41) is 8.59. The Kier molecular flexibility index (Phi) is 3.01. The molecule has 1 aliphatic heterocycles. The fraction of sp³-hybridized carbons (Fsp3) is 0.176. The van der Waals surface area contributed by atoms with Crippen molar-refractivity contribution >= 4 is 0 Å². The first-order valence-electron chi connectivity index (χ1n) is 7.27. The van der Waals surface area contributed by atoms with E-state index in [2.05, 4.69) is 14.8 Å². The lowest BCUT2D eigenvalue weighted by atomic mass is 10.0. The van der Waals surface area contributed by atoms with Crippen LogP contribution >= 0.6 is 0 Å². The van der Waals surface area contributed by atoms with Crippen LogP contribution in [0.1, 0.15) is 11.1 Å². The molecule has 4 nitrogen and oxygen atoms in total. The van der Waals surface area contributed by atoms with Gasteiger partial charge in [-0.1, -0.05) is 30.3 Å². The molecule has 0 aliphatic carbocycles. The van der Waals surface area contributed by atoms with E-state index < -0.39 is 0 Å². The van der Waals surface area contributed by atoms with Crippen molar-refractivity contribution in [2.45, 2.75) is 19.5 Å². The van der Waals surface area contributed by atoms with Crippen molar-refractivity contribution in [1.82, 2.24) is 14.8 Å². The van der Waals surface area contributed by atoms with Crippen molar-refractivity contribution in [2.75, 3.05) is 0 Å². The molecule has 1 aromatic heterocycles. The number of aromatic nitrogens is 3. The molecule has 1 aliphatic rings. The van der Waals surface area contributed by atoms with Gasteiger partial charge in [0.15, 0.2) is 11.6 Å². The van der Waals surface area contributed by atoms with Crippen LogP contribution in [-0.2, 0) is 19.5 Å². The molecule has 110 valence electrons. The SMILES string of the molecule is NCc1ccc(-c2nnc3n2CCc2ccc(F)cc2-3)cc1. The van der Waals surface area contributed by atoms with E-state index in [-0.39, 0.29) is 5.82 Å². The highest BCUT2D eigenvalue weighted by atomic mass is 19.1. The number of halogens is 1. The summed E-state index contributed by atoms with van der Waals surface area (Å²) in [6.45, 7) is 1.32. The largest absolute Gasteiger partial charge is 0.326 e. The third-order valence-corrected chi connectivity index (χ3v) is 4.12. The van der Waals surface area contributed by atoms with Gasteiger partial charge in [0.2, 0.25) is 0 Å². The molecule has 0 fully saturated rings. The first kappa shape index (κ1) is 13.2. The van der Waals surface area contributed by atoms with E-state index in [1.807, 2.05) is 30.3 Å². The molecular formula is C17H15FN4. The Morgan fingerprint density at radius 1 is 1.05 bits per heavy atom. The lowest BCUT2D eigenvalue weighted by Crippen LogP contribution is -2.12. The van der Waals surface area contributed by atoms with Crippen LogP contribution < -0.4 is 5.73 Å². The number of hydrogen-bond donors (Lipinski definition) is 1. The van der Waals surface area contributed by atoms with E-state index in [9.17, 15) is 4.39 Å². The number of aryl methyl sites for hydroxylation is 1. The molecule has 0 bridgehead atoms. The molecule has 22 heavy (non-hydrogen) atoms. The smallest absolute Gasteiger partial charge is 0.164 e. The van der Waals surface area contributed by atoms with Crippen LogP contribution in [0.2, 0.25) is 0 Å². The van der Waals surface area contributed by atoms with Crippen molar-refractivity contribution in [1.29, 1.82) is 0 Å². The maximum atomic E-state index is 13.5. The summed E-state index contributed by atoms with van der Waals surface area (Å²) in [6.07, 6.45) is 0.856. The molecule has 5 heteroatoms. The van der Waals surface area contributed by atoms with E-state index in [0.717, 1.165) is 46.9 Å². The quantitative estimate of drug-likeness (QED) is 0.790. The lowest BCUT2D eigenvalue weighted by molar-refractivity contribution is 0.622. The van der Waals surface area contributed by atoms with Gasteiger partial charge in [0, 0.05) is 24.2 Å². The van der Waals surface area contributed by atoms with Crippen molar-refractivity contribution in [3.05, 3.63) is 59.4 Å². The standard InChI is InChI=1S/C17H15FN4/c18-14-6-5-12-7-8-22-16(20-21-17(22)15(12)9-14)13-3-1-11(10-19)2-4-13/h1-6,9H,7-8,10,19H2. The van der Waals surface area contributed by atoms with Crippen molar-refractivity contribution < 1.29 is 4.39 Å². The predicted molar refractivity (Wildman–Crippen MR) is 82.4 cm³/mol. The molecule has 2 aromatic carbocycles. The van der Waals surface area contributed by atoms with Crippen molar-refractivity contribution in [2.24, 2.45) is 5.73 Å². The molecule has 0 saturated heterocycles. The Hall–Kier alpha value is -2.53. The molecular weight excluding hydrogens is 279 g/mol. The topological polar surface area (TPSA) is 56.7 Å². The first-order chi connectivity index (χ1) is 10.8. The second-order valence-corrected chi connectivity index (χ2v) is 5.45. The van der Waals surface area contributed by atoms with Crippen LogP contribution in [0.25, 0.3) is 22.8 Å². The summed E-state index contributed by atoms with van der Waals surface area (Å²) in [7, 11) is 0. The minimum atomic E-state index is -0.246. The highest BCUT2D eigenvalue weighted by molar-refractivity contribution is 5.67. The van der Waals surface area contributed by atoms with Gasteiger partial charge in [-0.2, -0.15) is 0 Å². The Morgan fingerprint density at radius 3 is 2.59 bits per heavy atom. The number of rotatable bonds is 2. The van der Waals surface area contributed by atoms with Gasteiger partial charge in [-0.3, -0.25) is 0 Å². The van der Waals surface area contributed by atoms with Crippen LogP contribution in [0.3, 0.4) is 0 Å². The summed E-state index contributed by atoms with van der Waals surface area (Å²) >= 11 is 0. The molecule has 0 spiro atoms. The molecule has 2 N–H and O–H groups in total. The number of nitrogens with two attached hydrogens (primary N) is 1. The second-order valence-electron chi connectivity index (χ2n) is 5.45. The summed E-state index contributed by atoms with van der Waals surface area (Å²) in [5.74, 6) is 1.30. The number of nitrogens with zero attached hydrogens (tertiary/aromatic N) is 3. The van der Waals surface area contributed by atoms with Gasteiger partial charge in [0.1, 0.15) is 5.82 Å². The maximum Gasteiger partial charge on any atom is 0.164 e. The predicted octanol–water partition coefficient (Wildman–Crippen LogP) is 2.77. The van der Waals surface area contributed by atoms with Gasteiger partial charge in [0.05, 0.1) is 0 Å². The summed E-state index contributed by atoms with van der Waals surface area (Å²) < 4.78 is 15.6. The lowest BCUT2D eigenvalue weighted by Gasteiger charge is -2.18. The van der Waals surface area contributed by atoms with E-state index in [1.165, 1.54) is 12.1 Å². The average Bonchev–Trinajstić information content (AvgIpc) is 2.99. The van der Waals surface area contributed by atoms with E-state index >= 15 is 0 Å². The first-order valence-corrected chi connectivity index (χ1v) is 7.27. The molecule has 2 heterocycles. The number of fused-ring (bicyclic) bond motifs is 3. The molecule has 0 radical (unpaired) electrons. The Labute approximate surface area is 127 Å². The molecule has 0 unspecified atom stereocenters. The summed E-state index contributed by atoms with van der Waals surface area (Å²) in [4.78, 5) is 0. The molecule has 0 atom stereocenters. The zero-order valence-corrected chi connectivity index (χ0v) is 12.0. The third kappa shape index (κ3) is 2.02.